The normalized spacial score (nSPS) is 10.3. The van der Waals surface area contributed by atoms with Crippen molar-refractivity contribution in [1.29, 1.82) is 0 Å². The number of unbranched alkanes of at least 4 members (excludes halogenated alkanes) is 3. The third-order valence-corrected chi connectivity index (χ3v) is 3.29. The molecule has 0 aliphatic rings. The Morgan fingerprint density at radius 1 is 0.952 bits per heavy atom. The number of nitrogens with one attached hydrogen (secondary N) is 1. The first-order valence-corrected chi connectivity index (χ1v) is 7.76. The van der Waals surface area contributed by atoms with Crippen molar-refractivity contribution in [3.8, 4) is 5.88 Å². The molecule has 112 valence electrons. The minimum absolute atomic E-state index is 0.549. The maximum Gasteiger partial charge on any atom is 0.215 e. The van der Waals surface area contributed by atoms with Crippen molar-refractivity contribution >= 4 is 5.82 Å². The van der Waals surface area contributed by atoms with Crippen LogP contribution in [0, 0.1) is 0 Å². The molecule has 1 N–H and O–H groups in total. The molecule has 0 fully saturated rings. The van der Waals surface area contributed by atoms with Gasteiger partial charge in [-0.3, -0.25) is 0 Å². The summed E-state index contributed by atoms with van der Waals surface area (Å²) in [5.41, 5.74) is 1.15. The summed E-state index contributed by atoms with van der Waals surface area (Å²) < 4.78 is 5.73. The van der Waals surface area contributed by atoms with E-state index in [1.165, 1.54) is 25.7 Å². The molecule has 3 nitrogen and oxygen atoms in total. The minimum Gasteiger partial charge on any atom is -0.473 e. The van der Waals surface area contributed by atoms with Crippen LogP contribution >= 0.6 is 0 Å². The monoisotopic (exact) mass is 284 g/mol. The maximum absolute atomic E-state index is 5.73. The molecule has 0 aliphatic heterocycles. The fourth-order valence-corrected chi connectivity index (χ4v) is 2.09. The summed E-state index contributed by atoms with van der Waals surface area (Å²) in [6.45, 7) is 3.74. The van der Waals surface area contributed by atoms with Crippen LogP contribution in [0.15, 0.2) is 48.5 Å². The smallest absolute Gasteiger partial charge is 0.215 e. The summed E-state index contributed by atoms with van der Waals surface area (Å²) in [4.78, 5) is 4.47. The lowest BCUT2D eigenvalue weighted by Crippen LogP contribution is -2.04. The maximum atomic E-state index is 5.73. The Labute approximate surface area is 127 Å². The molecular formula is C18H24N2O. The van der Waals surface area contributed by atoms with Crippen LogP contribution in [0.1, 0.15) is 38.2 Å². The highest BCUT2D eigenvalue weighted by Crippen LogP contribution is 2.13. The molecule has 0 aliphatic carbocycles. The van der Waals surface area contributed by atoms with Crippen molar-refractivity contribution in [2.75, 3.05) is 11.9 Å². The van der Waals surface area contributed by atoms with Crippen LogP contribution in [0.4, 0.5) is 5.82 Å². The number of hydrogen-bond donors (Lipinski definition) is 1. The van der Waals surface area contributed by atoms with E-state index in [-0.39, 0.29) is 0 Å². The predicted molar refractivity (Wildman–Crippen MR) is 87.6 cm³/mol. The first-order valence-electron chi connectivity index (χ1n) is 7.76. The summed E-state index contributed by atoms with van der Waals surface area (Å²) in [6.07, 6.45) is 5.02. The van der Waals surface area contributed by atoms with Gasteiger partial charge in [0, 0.05) is 12.6 Å². The molecule has 0 amide bonds. The van der Waals surface area contributed by atoms with E-state index in [2.05, 4.69) is 29.4 Å². The lowest BCUT2D eigenvalue weighted by molar-refractivity contribution is 0.294. The molecule has 0 radical (unpaired) electrons. The van der Waals surface area contributed by atoms with Crippen LogP contribution in [0.3, 0.4) is 0 Å². The van der Waals surface area contributed by atoms with Crippen molar-refractivity contribution in [2.45, 2.75) is 39.2 Å². The quantitative estimate of drug-likeness (QED) is 0.680. The van der Waals surface area contributed by atoms with E-state index in [4.69, 9.17) is 4.74 Å². The zero-order valence-electron chi connectivity index (χ0n) is 12.7. The van der Waals surface area contributed by atoms with E-state index in [1.54, 1.807) is 0 Å². The van der Waals surface area contributed by atoms with E-state index in [0.29, 0.717) is 12.5 Å². The summed E-state index contributed by atoms with van der Waals surface area (Å²) in [7, 11) is 0. The number of hydrogen-bond acceptors (Lipinski definition) is 3. The first kappa shape index (κ1) is 15.4. The highest BCUT2D eigenvalue weighted by atomic mass is 16.5. The van der Waals surface area contributed by atoms with Gasteiger partial charge in [0.25, 0.3) is 0 Å². The van der Waals surface area contributed by atoms with Gasteiger partial charge in [-0.15, -0.1) is 0 Å². The summed E-state index contributed by atoms with van der Waals surface area (Å²) in [5.74, 6) is 1.55. The Hall–Kier alpha value is -2.03. The van der Waals surface area contributed by atoms with Gasteiger partial charge in [-0.05, 0) is 18.1 Å². The Morgan fingerprint density at radius 3 is 2.62 bits per heavy atom. The first-order chi connectivity index (χ1) is 10.4. The third-order valence-electron chi connectivity index (χ3n) is 3.29. The number of ether oxygens (including phenoxy) is 1. The van der Waals surface area contributed by atoms with E-state index < -0.39 is 0 Å². The standard InChI is InChI=1S/C18H24N2O/c1-2-3-4-8-14-19-17-12-9-13-18(20-17)21-15-16-10-6-5-7-11-16/h5-7,9-13H,2-4,8,14-15H2,1H3,(H,19,20). The Kier molecular flexibility index (Phi) is 6.59. The van der Waals surface area contributed by atoms with Crippen molar-refractivity contribution < 1.29 is 4.74 Å². The van der Waals surface area contributed by atoms with E-state index in [9.17, 15) is 0 Å². The SMILES string of the molecule is CCCCCCNc1cccc(OCc2ccccc2)n1. The van der Waals surface area contributed by atoms with Crippen LogP contribution in [-0.2, 0) is 6.61 Å². The van der Waals surface area contributed by atoms with Crippen molar-refractivity contribution in [2.24, 2.45) is 0 Å². The summed E-state index contributed by atoms with van der Waals surface area (Å²) in [5, 5.41) is 3.35. The van der Waals surface area contributed by atoms with Crippen molar-refractivity contribution in [3.63, 3.8) is 0 Å². The van der Waals surface area contributed by atoms with Crippen LogP contribution in [0.25, 0.3) is 0 Å². The molecule has 0 saturated carbocycles. The lowest BCUT2D eigenvalue weighted by atomic mass is 10.2. The molecule has 2 rings (SSSR count). The fraction of sp³-hybridized carbons (Fsp3) is 0.389. The molecule has 1 aromatic carbocycles. The topological polar surface area (TPSA) is 34.1 Å². The van der Waals surface area contributed by atoms with Crippen LogP contribution < -0.4 is 10.1 Å². The highest BCUT2D eigenvalue weighted by molar-refractivity contribution is 5.36. The van der Waals surface area contributed by atoms with Gasteiger partial charge in [0.05, 0.1) is 0 Å². The molecule has 0 atom stereocenters. The molecule has 2 aromatic rings. The lowest BCUT2D eigenvalue weighted by Gasteiger charge is -2.09. The van der Waals surface area contributed by atoms with Gasteiger partial charge in [-0.1, -0.05) is 62.6 Å². The third kappa shape index (κ3) is 5.86. The number of anilines is 1. The number of benzene rings is 1. The molecule has 0 saturated heterocycles. The molecular weight excluding hydrogens is 260 g/mol. The second kappa shape index (κ2) is 9.01. The molecule has 3 heteroatoms. The second-order valence-corrected chi connectivity index (χ2v) is 5.12. The molecule has 0 bridgehead atoms. The zero-order valence-corrected chi connectivity index (χ0v) is 12.7. The van der Waals surface area contributed by atoms with Crippen LogP contribution in [-0.4, -0.2) is 11.5 Å². The van der Waals surface area contributed by atoms with E-state index in [0.717, 1.165) is 17.9 Å². The van der Waals surface area contributed by atoms with Gasteiger partial charge < -0.3 is 10.1 Å². The highest BCUT2D eigenvalue weighted by Gasteiger charge is 1.99. The van der Waals surface area contributed by atoms with Crippen molar-refractivity contribution in [3.05, 3.63) is 54.1 Å². The van der Waals surface area contributed by atoms with Gasteiger partial charge in [0.1, 0.15) is 12.4 Å². The second-order valence-electron chi connectivity index (χ2n) is 5.12. The molecule has 1 aromatic heterocycles. The molecule has 0 unspecified atom stereocenters. The Balaban J connectivity index is 1.77. The predicted octanol–water partition coefficient (Wildman–Crippen LogP) is 4.65. The van der Waals surface area contributed by atoms with Crippen LogP contribution in [0.2, 0.25) is 0 Å². The summed E-state index contributed by atoms with van der Waals surface area (Å²) >= 11 is 0. The molecule has 1 heterocycles. The molecule has 0 spiro atoms. The van der Waals surface area contributed by atoms with Crippen LogP contribution in [0.5, 0.6) is 5.88 Å². The average Bonchev–Trinajstić information content (AvgIpc) is 2.54. The number of rotatable bonds is 9. The zero-order chi connectivity index (χ0) is 14.8. The van der Waals surface area contributed by atoms with Crippen molar-refractivity contribution in [1.82, 2.24) is 4.98 Å². The molecule has 21 heavy (non-hydrogen) atoms. The minimum atomic E-state index is 0.549. The number of aromatic nitrogens is 1. The number of nitrogens with zero attached hydrogens (tertiary/aromatic N) is 1. The Morgan fingerprint density at radius 2 is 1.81 bits per heavy atom. The van der Waals surface area contributed by atoms with Gasteiger partial charge >= 0.3 is 0 Å². The average molecular weight is 284 g/mol. The summed E-state index contributed by atoms with van der Waals surface area (Å²) in [6, 6.07) is 16.0. The fourth-order valence-electron chi connectivity index (χ4n) is 2.09. The van der Waals surface area contributed by atoms with E-state index >= 15 is 0 Å². The number of pyridine rings is 1. The largest absolute Gasteiger partial charge is 0.473 e. The van der Waals surface area contributed by atoms with Gasteiger partial charge in [-0.2, -0.15) is 4.98 Å². The van der Waals surface area contributed by atoms with Gasteiger partial charge in [0.2, 0.25) is 5.88 Å². The Bertz CT molecular complexity index is 514. The van der Waals surface area contributed by atoms with E-state index in [1.807, 2.05) is 36.4 Å². The van der Waals surface area contributed by atoms with Gasteiger partial charge in [-0.25, -0.2) is 0 Å². The van der Waals surface area contributed by atoms with Gasteiger partial charge in [0.15, 0.2) is 0 Å².